The van der Waals surface area contributed by atoms with Crippen LogP contribution in [0.2, 0.25) is 0 Å². The normalized spacial score (nSPS) is 20.9. The lowest BCUT2D eigenvalue weighted by Crippen LogP contribution is -2.59. The molecule has 1 amide bonds. The minimum atomic E-state index is -1.04. The molecule has 1 heterocycles. The van der Waals surface area contributed by atoms with Crippen molar-refractivity contribution in [2.24, 2.45) is 0 Å². The summed E-state index contributed by atoms with van der Waals surface area (Å²) in [7, 11) is 0. The molecule has 1 saturated heterocycles. The Bertz CT molecular complexity index is 364. The molecule has 1 aliphatic rings. The molecule has 136 valence electrons. The van der Waals surface area contributed by atoms with E-state index in [1.807, 2.05) is 32.6 Å². The molecule has 3 atom stereocenters. The Balaban J connectivity index is 2.62. The number of rotatable bonds is 6. The summed E-state index contributed by atoms with van der Waals surface area (Å²) in [5, 5.41) is 20.4. The van der Waals surface area contributed by atoms with E-state index in [0.717, 1.165) is 0 Å². The molecule has 7 heteroatoms. The molecule has 0 bridgehead atoms. The molecule has 1 aliphatic heterocycles. The zero-order valence-corrected chi connectivity index (χ0v) is 15.0. The van der Waals surface area contributed by atoms with E-state index in [4.69, 9.17) is 9.47 Å². The number of aliphatic hydroxyl groups is 2. The lowest BCUT2D eigenvalue weighted by Gasteiger charge is -2.42. The monoisotopic (exact) mass is 332 g/mol. The molecular formula is C16H32N2O5. The maximum atomic E-state index is 12.1. The fourth-order valence-corrected chi connectivity index (χ4v) is 2.65. The molecule has 1 rings (SSSR count). The molecule has 0 saturated carbocycles. The summed E-state index contributed by atoms with van der Waals surface area (Å²) in [6.07, 6.45) is -1.51. The second-order valence-corrected chi connectivity index (χ2v) is 6.82. The van der Waals surface area contributed by atoms with E-state index in [1.165, 1.54) is 0 Å². The van der Waals surface area contributed by atoms with E-state index < -0.39 is 24.0 Å². The van der Waals surface area contributed by atoms with Crippen molar-refractivity contribution in [3.63, 3.8) is 0 Å². The van der Waals surface area contributed by atoms with Gasteiger partial charge in [-0.2, -0.15) is 0 Å². The molecule has 0 aromatic rings. The first-order valence-electron chi connectivity index (χ1n) is 8.39. The van der Waals surface area contributed by atoms with Gasteiger partial charge in [-0.25, -0.2) is 4.79 Å². The van der Waals surface area contributed by atoms with Crippen molar-refractivity contribution < 1.29 is 24.5 Å². The zero-order valence-electron chi connectivity index (χ0n) is 15.0. The van der Waals surface area contributed by atoms with E-state index in [1.54, 1.807) is 11.8 Å². The predicted molar refractivity (Wildman–Crippen MR) is 87.1 cm³/mol. The SMILES string of the molecule is CCOC(O)C(C(O)CC)N1CCN(C(=O)OC(C)(C)C)CC1. The van der Waals surface area contributed by atoms with E-state index >= 15 is 0 Å². The molecule has 0 aromatic heterocycles. The van der Waals surface area contributed by atoms with Crippen molar-refractivity contribution in [1.82, 2.24) is 9.80 Å². The third kappa shape index (κ3) is 6.25. The topological polar surface area (TPSA) is 82.5 Å². The van der Waals surface area contributed by atoms with Crippen LogP contribution >= 0.6 is 0 Å². The summed E-state index contributed by atoms with van der Waals surface area (Å²) >= 11 is 0. The lowest BCUT2D eigenvalue weighted by atomic mass is 10.1. The Kier molecular flexibility index (Phi) is 7.73. The first-order valence-corrected chi connectivity index (χ1v) is 8.39. The number of hydrogen-bond acceptors (Lipinski definition) is 6. The van der Waals surface area contributed by atoms with Crippen molar-refractivity contribution in [2.75, 3.05) is 32.8 Å². The van der Waals surface area contributed by atoms with Gasteiger partial charge in [0.2, 0.25) is 0 Å². The van der Waals surface area contributed by atoms with Gasteiger partial charge in [0.05, 0.1) is 12.1 Å². The second kappa shape index (κ2) is 8.82. The third-order valence-corrected chi connectivity index (χ3v) is 3.83. The highest BCUT2D eigenvalue weighted by molar-refractivity contribution is 5.68. The van der Waals surface area contributed by atoms with Gasteiger partial charge in [-0.1, -0.05) is 6.92 Å². The minimum Gasteiger partial charge on any atom is -0.444 e. The summed E-state index contributed by atoms with van der Waals surface area (Å²) in [5.74, 6) is 0. The van der Waals surface area contributed by atoms with Crippen LogP contribution in [0.15, 0.2) is 0 Å². The van der Waals surface area contributed by atoms with Gasteiger partial charge < -0.3 is 24.6 Å². The summed E-state index contributed by atoms with van der Waals surface area (Å²) in [4.78, 5) is 15.7. The summed E-state index contributed by atoms with van der Waals surface area (Å²) in [5.41, 5.74) is -0.514. The molecule has 7 nitrogen and oxygen atoms in total. The first-order chi connectivity index (χ1) is 10.7. The van der Waals surface area contributed by atoms with Crippen molar-refractivity contribution in [1.29, 1.82) is 0 Å². The van der Waals surface area contributed by atoms with Gasteiger partial charge in [0, 0.05) is 32.8 Å². The van der Waals surface area contributed by atoms with Crippen LogP contribution in [-0.4, -0.2) is 82.9 Å². The van der Waals surface area contributed by atoms with Gasteiger partial charge in [-0.15, -0.1) is 0 Å². The van der Waals surface area contributed by atoms with E-state index in [0.29, 0.717) is 39.2 Å². The van der Waals surface area contributed by atoms with Crippen LogP contribution in [0.4, 0.5) is 4.79 Å². The van der Waals surface area contributed by atoms with Gasteiger partial charge in [0.1, 0.15) is 5.60 Å². The van der Waals surface area contributed by atoms with Crippen molar-refractivity contribution in [2.45, 2.75) is 65.1 Å². The molecule has 3 unspecified atom stereocenters. The highest BCUT2D eigenvalue weighted by Crippen LogP contribution is 2.18. The predicted octanol–water partition coefficient (Wildman–Crippen LogP) is 1.03. The molecule has 0 radical (unpaired) electrons. The van der Waals surface area contributed by atoms with Gasteiger partial charge >= 0.3 is 6.09 Å². The zero-order chi connectivity index (χ0) is 17.6. The Hall–Kier alpha value is -0.890. The second-order valence-electron chi connectivity index (χ2n) is 6.82. The number of aliphatic hydroxyl groups excluding tert-OH is 2. The van der Waals surface area contributed by atoms with Crippen LogP contribution in [0.1, 0.15) is 41.0 Å². The van der Waals surface area contributed by atoms with E-state index in [-0.39, 0.29) is 6.09 Å². The fraction of sp³-hybridized carbons (Fsp3) is 0.938. The van der Waals surface area contributed by atoms with Crippen molar-refractivity contribution in [3.8, 4) is 0 Å². The molecule has 0 aromatic carbocycles. The van der Waals surface area contributed by atoms with Crippen molar-refractivity contribution >= 4 is 6.09 Å². The number of hydrogen-bond donors (Lipinski definition) is 2. The standard InChI is InChI=1S/C16H32N2O5/c1-6-12(19)13(14(20)22-7-2)17-8-10-18(11-9-17)15(21)23-16(3,4)5/h12-14,19-20H,6-11H2,1-5H3. The molecule has 0 aliphatic carbocycles. The fourth-order valence-electron chi connectivity index (χ4n) is 2.65. The number of carbonyl (C=O) groups excluding carboxylic acids is 1. The summed E-state index contributed by atoms with van der Waals surface area (Å²) in [6.45, 7) is 11.7. The Morgan fingerprint density at radius 2 is 1.70 bits per heavy atom. The average molecular weight is 332 g/mol. The number of nitrogens with zero attached hydrogens (tertiary/aromatic N) is 2. The quantitative estimate of drug-likeness (QED) is 0.707. The van der Waals surface area contributed by atoms with Gasteiger partial charge in [0.25, 0.3) is 0 Å². The van der Waals surface area contributed by atoms with Crippen molar-refractivity contribution in [3.05, 3.63) is 0 Å². The van der Waals surface area contributed by atoms with Crippen LogP contribution in [-0.2, 0) is 9.47 Å². The third-order valence-electron chi connectivity index (χ3n) is 3.83. The number of amides is 1. The molecule has 0 spiro atoms. The summed E-state index contributed by atoms with van der Waals surface area (Å²) < 4.78 is 10.6. The molecular weight excluding hydrogens is 300 g/mol. The Morgan fingerprint density at radius 1 is 1.13 bits per heavy atom. The Labute approximate surface area is 139 Å². The van der Waals surface area contributed by atoms with E-state index in [9.17, 15) is 15.0 Å². The highest BCUT2D eigenvalue weighted by atomic mass is 16.6. The molecule has 2 N–H and O–H groups in total. The lowest BCUT2D eigenvalue weighted by molar-refractivity contribution is -0.170. The number of ether oxygens (including phenoxy) is 2. The maximum Gasteiger partial charge on any atom is 0.410 e. The van der Waals surface area contributed by atoms with Gasteiger partial charge in [0.15, 0.2) is 6.29 Å². The Morgan fingerprint density at radius 3 is 2.13 bits per heavy atom. The molecule has 1 fully saturated rings. The first kappa shape index (κ1) is 20.2. The maximum absolute atomic E-state index is 12.1. The van der Waals surface area contributed by atoms with Crippen LogP contribution < -0.4 is 0 Å². The highest BCUT2D eigenvalue weighted by Gasteiger charge is 2.35. The van der Waals surface area contributed by atoms with Crippen LogP contribution in [0.3, 0.4) is 0 Å². The smallest absolute Gasteiger partial charge is 0.410 e. The van der Waals surface area contributed by atoms with Crippen LogP contribution in [0, 0.1) is 0 Å². The van der Waals surface area contributed by atoms with E-state index in [2.05, 4.69) is 0 Å². The van der Waals surface area contributed by atoms with Gasteiger partial charge in [-0.3, -0.25) is 4.90 Å². The average Bonchev–Trinajstić information content (AvgIpc) is 2.46. The minimum absolute atomic E-state index is 0.324. The largest absolute Gasteiger partial charge is 0.444 e. The van der Waals surface area contributed by atoms with Crippen LogP contribution in [0.25, 0.3) is 0 Å². The summed E-state index contributed by atoms with van der Waals surface area (Å²) in [6, 6.07) is -0.485. The number of piperazine rings is 1. The van der Waals surface area contributed by atoms with Crippen LogP contribution in [0.5, 0.6) is 0 Å². The molecule has 23 heavy (non-hydrogen) atoms. The number of carbonyl (C=O) groups is 1. The van der Waals surface area contributed by atoms with Gasteiger partial charge in [-0.05, 0) is 34.1 Å².